The Morgan fingerprint density at radius 3 is 2.67 bits per heavy atom. The molecular weight excluding hydrogens is 270 g/mol. The zero-order valence-electron chi connectivity index (χ0n) is 12.2. The molecule has 0 spiro atoms. The van der Waals surface area contributed by atoms with Crippen LogP contribution < -0.4 is 4.74 Å². The number of amides is 1. The van der Waals surface area contributed by atoms with Crippen LogP contribution >= 0.6 is 0 Å². The second-order valence-electron chi connectivity index (χ2n) is 5.33. The van der Waals surface area contributed by atoms with Gasteiger partial charge in [-0.2, -0.15) is 0 Å². The van der Waals surface area contributed by atoms with E-state index in [2.05, 4.69) is 0 Å². The number of carboxylic acid groups (broad SMARTS) is 1. The average molecular weight is 291 g/mol. The van der Waals surface area contributed by atoms with Crippen LogP contribution in [0.15, 0.2) is 24.3 Å². The van der Waals surface area contributed by atoms with Crippen molar-refractivity contribution < 1.29 is 19.4 Å². The van der Waals surface area contributed by atoms with Crippen LogP contribution in [-0.2, 0) is 16.0 Å². The normalized spacial score (nSPS) is 17.8. The highest BCUT2D eigenvalue weighted by molar-refractivity contribution is 5.78. The van der Waals surface area contributed by atoms with Crippen molar-refractivity contribution in [2.75, 3.05) is 13.7 Å². The molecule has 1 N–H and O–H groups in total. The smallest absolute Gasteiger partial charge is 0.305 e. The maximum atomic E-state index is 12.2. The fraction of sp³-hybridized carbons (Fsp3) is 0.500. The molecule has 1 heterocycles. The summed E-state index contributed by atoms with van der Waals surface area (Å²) in [5, 5.41) is 8.88. The molecule has 5 nitrogen and oxygen atoms in total. The molecule has 21 heavy (non-hydrogen) atoms. The van der Waals surface area contributed by atoms with E-state index in [1.54, 1.807) is 12.0 Å². The minimum Gasteiger partial charge on any atom is -0.497 e. The van der Waals surface area contributed by atoms with Crippen LogP contribution in [0.4, 0.5) is 0 Å². The Morgan fingerprint density at radius 2 is 2.05 bits per heavy atom. The number of carboxylic acids is 1. The summed E-state index contributed by atoms with van der Waals surface area (Å²) in [7, 11) is 1.62. The molecule has 1 unspecified atom stereocenters. The van der Waals surface area contributed by atoms with E-state index in [0.29, 0.717) is 19.4 Å². The third-order valence-electron chi connectivity index (χ3n) is 3.89. The van der Waals surface area contributed by atoms with Gasteiger partial charge in [-0.15, -0.1) is 0 Å². The van der Waals surface area contributed by atoms with Gasteiger partial charge < -0.3 is 14.7 Å². The number of hydrogen-bond donors (Lipinski definition) is 1. The number of rotatable bonds is 6. The lowest BCUT2D eigenvalue weighted by Gasteiger charge is -2.23. The summed E-state index contributed by atoms with van der Waals surface area (Å²) in [5.41, 5.74) is 1.08. The van der Waals surface area contributed by atoms with E-state index < -0.39 is 5.97 Å². The van der Waals surface area contributed by atoms with E-state index in [0.717, 1.165) is 24.2 Å². The largest absolute Gasteiger partial charge is 0.497 e. The lowest BCUT2D eigenvalue weighted by atomic mass is 10.1. The standard InChI is InChI=1S/C16H21NO4/c1-21-14-7-4-12(5-8-14)6-9-15(18)17-10-2-3-13(17)11-16(19)20/h4-5,7-8,13H,2-3,6,9-11H2,1H3,(H,19,20). The first-order valence-corrected chi connectivity index (χ1v) is 7.24. The summed E-state index contributed by atoms with van der Waals surface area (Å²) >= 11 is 0. The maximum Gasteiger partial charge on any atom is 0.305 e. The average Bonchev–Trinajstić information content (AvgIpc) is 2.92. The molecule has 1 aliphatic heterocycles. The number of likely N-dealkylation sites (tertiary alicyclic amines) is 1. The fourth-order valence-corrected chi connectivity index (χ4v) is 2.76. The number of hydrogen-bond acceptors (Lipinski definition) is 3. The van der Waals surface area contributed by atoms with Gasteiger partial charge in [-0.05, 0) is 37.0 Å². The highest BCUT2D eigenvalue weighted by atomic mass is 16.5. The molecule has 0 aromatic heterocycles. The fourth-order valence-electron chi connectivity index (χ4n) is 2.76. The van der Waals surface area contributed by atoms with Gasteiger partial charge in [-0.3, -0.25) is 9.59 Å². The summed E-state index contributed by atoms with van der Waals surface area (Å²) < 4.78 is 5.10. The Bertz CT molecular complexity index is 498. The van der Waals surface area contributed by atoms with E-state index in [9.17, 15) is 9.59 Å². The highest BCUT2D eigenvalue weighted by Crippen LogP contribution is 2.22. The molecule has 0 aliphatic carbocycles. The van der Waals surface area contributed by atoms with Gasteiger partial charge in [0.25, 0.3) is 0 Å². The van der Waals surface area contributed by atoms with Gasteiger partial charge >= 0.3 is 5.97 Å². The molecule has 114 valence electrons. The Hall–Kier alpha value is -2.04. The van der Waals surface area contributed by atoms with Gasteiger partial charge in [-0.1, -0.05) is 12.1 Å². The molecule has 1 saturated heterocycles. The first kappa shape index (κ1) is 15.4. The molecule has 5 heteroatoms. The topological polar surface area (TPSA) is 66.8 Å². The number of aliphatic carboxylic acids is 1. The van der Waals surface area contributed by atoms with Crippen molar-refractivity contribution in [3.05, 3.63) is 29.8 Å². The van der Waals surface area contributed by atoms with Gasteiger partial charge in [0.05, 0.1) is 13.5 Å². The number of ether oxygens (including phenoxy) is 1. The lowest BCUT2D eigenvalue weighted by Crippen LogP contribution is -2.36. The van der Waals surface area contributed by atoms with Crippen molar-refractivity contribution in [3.63, 3.8) is 0 Å². The first-order valence-electron chi connectivity index (χ1n) is 7.24. The second kappa shape index (κ2) is 7.11. The number of methoxy groups -OCH3 is 1. The highest BCUT2D eigenvalue weighted by Gasteiger charge is 2.29. The SMILES string of the molecule is COc1ccc(CCC(=O)N2CCCC2CC(=O)O)cc1. The van der Waals surface area contributed by atoms with Gasteiger partial charge in [0.1, 0.15) is 5.75 Å². The van der Waals surface area contributed by atoms with Crippen LogP contribution in [0, 0.1) is 0 Å². The first-order chi connectivity index (χ1) is 10.1. The number of carbonyl (C=O) groups excluding carboxylic acids is 1. The van der Waals surface area contributed by atoms with Crippen molar-refractivity contribution in [3.8, 4) is 5.75 Å². The summed E-state index contributed by atoms with van der Waals surface area (Å²) in [6.45, 7) is 0.680. The Labute approximate surface area is 124 Å². The van der Waals surface area contributed by atoms with E-state index in [1.165, 1.54) is 0 Å². The zero-order chi connectivity index (χ0) is 15.2. The summed E-state index contributed by atoms with van der Waals surface area (Å²) in [6, 6.07) is 7.52. The summed E-state index contributed by atoms with van der Waals surface area (Å²) in [4.78, 5) is 24.8. The molecule has 0 radical (unpaired) electrons. The number of aryl methyl sites for hydroxylation is 1. The molecule has 1 aliphatic rings. The predicted octanol–water partition coefficient (Wildman–Crippen LogP) is 2.09. The van der Waals surface area contributed by atoms with Crippen molar-refractivity contribution in [2.24, 2.45) is 0 Å². The molecule has 1 amide bonds. The van der Waals surface area contributed by atoms with Crippen molar-refractivity contribution in [1.29, 1.82) is 0 Å². The Kier molecular flexibility index (Phi) is 5.20. The molecule has 2 rings (SSSR count). The third kappa shape index (κ3) is 4.21. The maximum absolute atomic E-state index is 12.2. The van der Waals surface area contributed by atoms with Crippen LogP contribution in [0.5, 0.6) is 5.75 Å². The molecule has 1 fully saturated rings. The monoisotopic (exact) mass is 291 g/mol. The van der Waals surface area contributed by atoms with E-state index in [-0.39, 0.29) is 18.4 Å². The molecule has 1 aromatic rings. The third-order valence-corrected chi connectivity index (χ3v) is 3.89. The van der Waals surface area contributed by atoms with Crippen LogP contribution in [-0.4, -0.2) is 41.6 Å². The molecule has 0 bridgehead atoms. The van der Waals surface area contributed by atoms with Crippen LogP contribution in [0.2, 0.25) is 0 Å². The van der Waals surface area contributed by atoms with Crippen molar-refractivity contribution >= 4 is 11.9 Å². The minimum absolute atomic E-state index is 0.0499. The van der Waals surface area contributed by atoms with Gasteiger partial charge in [-0.25, -0.2) is 0 Å². The lowest BCUT2D eigenvalue weighted by molar-refractivity contribution is -0.139. The number of benzene rings is 1. The summed E-state index contributed by atoms with van der Waals surface area (Å²) in [6.07, 6.45) is 2.82. The molecule has 1 atom stereocenters. The minimum atomic E-state index is -0.838. The Morgan fingerprint density at radius 1 is 1.33 bits per heavy atom. The van der Waals surface area contributed by atoms with Crippen LogP contribution in [0.1, 0.15) is 31.2 Å². The van der Waals surface area contributed by atoms with Crippen molar-refractivity contribution in [2.45, 2.75) is 38.1 Å². The van der Waals surface area contributed by atoms with E-state index in [1.807, 2.05) is 24.3 Å². The Balaban J connectivity index is 1.87. The number of carbonyl (C=O) groups is 2. The van der Waals surface area contributed by atoms with Gasteiger partial charge in [0.15, 0.2) is 0 Å². The molecule has 0 saturated carbocycles. The van der Waals surface area contributed by atoms with Crippen molar-refractivity contribution in [1.82, 2.24) is 4.90 Å². The predicted molar refractivity (Wildman–Crippen MR) is 78.3 cm³/mol. The van der Waals surface area contributed by atoms with Crippen LogP contribution in [0.3, 0.4) is 0 Å². The second-order valence-corrected chi connectivity index (χ2v) is 5.33. The van der Waals surface area contributed by atoms with Crippen LogP contribution in [0.25, 0.3) is 0 Å². The number of nitrogens with zero attached hydrogens (tertiary/aromatic N) is 1. The van der Waals surface area contributed by atoms with E-state index in [4.69, 9.17) is 9.84 Å². The van der Waals surface area contributed by atoms with E-state index >= 15 is 0 Å². The van der Waals surface area contributed by atoms with Gasteiger partial charge in [0.2, 0.25) is 5.91 Å². The molecule has 1 aromatic carbocycles. The zero-order valence-corrected chi connectivity index (χ0v) is 12.2. The quantitative estimate of drug-likeness (QED) is 0.871. The summed E-state index contributed by atoms with van der Waals surface area (Å²) in [5.74, 6) is 0.00978. The molecular formula is C16H21NO4. The van der Waals surface area contributed by atoms with Gasteiger partial charge in [0, 0.05) is 19.0 Å².